The molecule has 0 aromatic heterocycles. The molecule has 9 heteroatoms. The van der Waals surface area contributed by atoms with Crippen molar-refractivity contribution in [2.45, 2.75) is 19.8 Å². The van der Waals surface area contributed by atoms with Gasteiger partial charge in [-0.1, -0.05) is 6.92 Å². The maximum atomic E-state index is 12.0. The second kappa shape index (κ2) is 9.94. The van der Waals surface area contributed by atoms with Crippen molar-refractivity contribution in [3.8, 4) is 11.5 Å². The number of nitro benzene ring substituents is 1. The Kier molecular flexibility index (Phi) is 8.28. The number of rotatable bonds is 8. The second-order valence-electron chi connectivity index (χ2n) is 5.16. The molecule has 0 aliphatic carbocycles. The molecule has 0 saturated heterocycles. The highest BCUT2D eigenvalue weighted by Crippen LogP contribution is 2.36. The summed E-state index contributed by atoms with van der Waals surface area (Å²) in [4.78, 5) is 22.6. The number of nitro groups is 1. The monoisotopic (exact) mass is 359 g/mol. The third-order valence-electron chi connectivity index (χ3n) is 3.34. The number of halogens is 1. The summed E-state index contributed by atoms with van der Waals surface area (Å²) >= 11 is 0. The van der Waals surface area contributed by atoms with Crippen LogP contribution in [0.15, 0.2) is 12.1 Å². The van der Waals surface area contributed by atoms with Gasteiger partial charge in [0.15, 0.2) is 11.5 Å². The van der Waals surface area contributed by atoms with E-state index in [1.165, 1.54) is 12.1 Å². The van der Waals surface area contributed by atoms with Gasteiger partial charge >= 0.3 is 0 Å². The van der Waals surface area contributed by atoms with Crippen molar-refractivity contribution in [2.24, 2.45) is 0 Å². The Morgan fingerprint density at radius 1 is 1.21 bits per heavy atom. The first-order valence-electron chi connectivity index (χ1n) is 7.66. The van der Waals surface area contributed by atoms with Gasteiger partial charge in [0.1, 0.15) is 13.2 Å². The van der Waals surface area contributed by atoms with E-state index in [9.17, 15) is 14.9 Å². The zero-order chi connectivity index (χ0) is 16.7. The van der Waals surface area contributed by atoms with Crippen molar-refractivity contribution in [3.05, 3.63) is 27.8 Å². The molecular formula is C15H22ClN3O5. The molecule has 0 fully saturated rings. The Morgan fingerprint density at radius 2 is 1.88 bits per heavy atom. The number of hydrogen-bond donors (Lipinski definition) is 2. The van der Waals surface area contributed by atoms with Crippen molar-refractivity contribution < 1.29 is 19.2 Å². The first-order valence-corrected chi connectivity index (χ1v) is 7.66. The lowest BCUT2D eigenvalue weighted by Crippen LogP contribution is -2.33. The highest BCUT2D eigenvalue weighted by atomic mass is 35.5. The van der Waals surface area contributed by atoms with Crippen molar-refractivity contribution in [1.29, 1.82) is 0 Å². The van der Waals surface area contributed by atoms with E-state index in [4.69, 9.17) is 9.47 Å². The molecule has 0 atom stereocenters. The van der Waals surface area contributed by atoms with Gasteiger partial charge in [-0.05, 0) is 19.0 Å². The quantitative estimate of drug-likeness (QED) is 0.413. The minimum absolute atomic E-state index is 0. The summed E-state index contributed by atoms with van der Waals surface area (Å²) in [7, 11) is 0. The first kappa shape index (κ1) is 20.0. The minimum atomic E-state index is -0.510. The topological polar surface area (TPSA) is 103 Å². The lowest BCUT2D eigenvalue weighted by Gasteiger charge is -2.19. The number of nitrogens with zero attached hydrogens (tertiary/aromatic N) is 1. The maximum Gasteiger partial charge on any atom is 0.277 e. The third kappa shape index (κ3) is 5.54. The molecular weight excluding hydrogens is 338 g/mol. The van der Waals surface area contributed by atoms with Crippen LogP contribution in [-0.2, 0) is 11.2 Å². The van der Waals surface area contributed by atoms with Gasteiger partial charge < -0.3 is 20.1 Å². The normalized spacial score (nSPS) is 12.2. The Morgan fingerprint density at radius 3 is 2.50 bits per heavy atom. The Bertz CT molecular complexity index is 582. The molecule has 0 radical (unpaired) electrons. The van der Waals surface area contributed by atoms with Crippen LogP contribution < -0.4 is 20.1 Å². The molecule has 2 rings (SSSR count). The number of fused-ring (bicyclic) bond motifs is 1. The lowest BCUT2D eigenvalue weighted by molar-refractivity contribution is -0.385. The largest absolute Gasteiger partial charge is 0.486 e. The van der Waals surface area contributed by atoms with Crippen LogP contribution in [0.5, 0.6) is 11.5 Å². The summed E-state index contributed by atoms with van der Waals surface area (Å²) in [5.74, 6) is 0.521. The average molecular weight is 360 g/mol. The van der Waals surface area contributed by atoms with Gasteiger partial charge in [0.25, 0.3) is 5.69 Å². The van der Waals surface area contributed by atoms with Crippen LogP contribution in [0.2, 0.25) is 0 Å². The Hall–Kier alpha value is -2.06. The number of ether oxygens (including phenoxy) is 2. The summed E-state index contributed by atoms with van der Waals surface area (Å²) in [6.45, 7) is 4.85. The highest BCUT2D eigenvalue weighted by molar-refractivity contribution is 5.85. The molecule has 8 nitrogen and oxygen atoms in total. The summed E-state index contributed by atoms with van der Waals surface area (Å²) in [6.07, 6.45) is 0.956. The fourth-order valence-corrected chi connectivity index (χ4v) is 2.26. The van der Waals surface area contributed by atoms with Gasteiger partial charge in [-0.25, -0.2) is 0 Å². The van der Waals surface area contributed by atoms with E-state index in [1.807, 2.05) is 0 Å². The van der Waals surface area contributed by atoms with Crippen molar-refractivity contribution >= 4 is 24.0 Å². The second-order valence-corrected chi connectivity index (χ2v) is 5.16. The van der Waals surface area contributed by atoms with Crippen LogP contribution >= 0.6 is 12.4 Å². The van der Waals surface area contributed by atoms with Gasteiger partial charge in [0.05, 0.1) is 17.4 Å². The molecule has 134 valence electrons. The molecule has 2 N–H and O–H groups in total. The standard InChI is InChI=1S/C15H21N3O5.ClH/c1-2-3-16-4-5-17-15(19)9-11-8-13-14(23-7-6-22-13)10-12(11)18(20)21;/h8,10,16H,2-7,9H2,1H3,(H,17,19);1H. The zero-order valence-corrected chi connectivity index (χ0v) is 14.3. The molecule has 1 amide bonds. The molecule has 1 aliphatic heterocycles. The zero-order valence-electron chi connectivity index (χ0n) is 13.5. The minimum Gasteiger partial charge on any atom is -0.486 e. The van der Waals surface area contributed by atoms with E-state index in [0.29, 0.717) is 43.4 Å². The van der Waals surface area contributed by atoms with Gasteiger partial charge in [-0.3, -0.25) is 14.9 Å². The van der Waals surface area contributed by atoms with Crippen LogP contribution in [-0.4, -0.2) is 43.7 Å². The number of benzene rings is 1. The molecule has 1 aliphatic rings. The molecule has 0 bridgehead atoms. The van der Waals surface area contributed by atoms with Gasteiger partial charge in [-0.15, -0.1) is 12.4 Å². The summed E-state index contributed by atoms with van der Waals surface area (Å²) in [5, 5.41) is 17.1. The van der Waals surface area contributed by atoms with E-state index in [0.717, 1.165) is 13.0 Å². The van der Waals surface area contributed by atoms with Crippen molar-refractivity contribution in [1.82, 2.24) is 10.6 Å². The average Bonchev–Trinajstić information content (AvgIpc) is 2.53. The van der Waals surface area contributed by atoms with Crippen LogP contribution in [0.3, 0.4) is 0 Å². The number of carbonyl (C=O) groups is 1. The van der Waals surface area contributed by atoms with E-state index in [-0.39, 0.29) is 30.4 Å². The van der Waals surface area contributed by atoms with Crippen LogP contribution in [0, 0.1) is 10.1 Å². The molecule has 1 aromatic rings. The van der Waals surface area contributed by atoms with Gasteiger partial charge in [0.2, 0.25) is 5.91 Å². The highest BCUT2D eigenvalue weighted by Gasteiger charge is 2.23. The third-order valence-corrected chi connectivity index (χ3v) is 3.34. The molecule has 0 unspecified atom stereocenters. The van der Waals surface area contributed by atoms with Gasteiger partial charge in [0, 0.05) is 18.7 Å². The van der Waals surface area contributed by atoms with E-state index >= 15 is 0 Å². The van der Waals surface area contributed by atoms with E-state index < -0.39 is 4.92 Å². The Balaban J connectivity index is 0.00000288. The van der Waals surface area contributed by atoms with E-state index in [2.05, 4.69) is 17.6 Å². The Labute approximate surface area is 146 Å². The lowest BCUT2D eigenvalue weighted by atomic mass is 10.1. The molecule has 0 saturated carbocycles. The van der Waals surface area contributed by atoms with Crippen LogP contribution in [0.1, 0.15) is 18.9 Å². The smallest absolute Gasteiger partial charge is 0.277 e. The molecule has 0 spiro atoms. The van der Waals surface area contributed by atoms with Crippen LogP contribution in [0.4, 0.5) is 5.69 Å². The predicted octanol–water partition coefficient (Wildman–Crippen LogP) is 1.45. The molecule has 1 aromatic carbocycles. The molecule has 24 heavy (non-hydrogen) atoms. The SMILES string of the molecule is CCCNCCNC(=O)Cc1cc2c(cc1[N+](=O)[O-])OCCO2.Cl. The first-order chi connectivity index (χ1) is 11.1. The van der Waals surface area contributed by atoms with Gasteiger partial charge in [-0.2, -0.15) is 0 Å². The summed E-state index contributed by atoms with van der Waals surface area (Å²) in [6, 6.07) is 2.83. The summed E-state index contributed by atoms with van der Waals surface area (Å²) in [5.41, 5.74) is 0.187. The number of hydrogen-bond acceptors (Lipinski definition) is 6. The van der Waals surface area contributed by atoms with Crippen LogP contribution in [0.25, 0.3) is 0 Å². The fourth-order valence-electron chi connectivity index (χ4n) is 2.26. The predicted molar refractivity (Wildman–Crippen MR) is 91.2 cm³/mol. The molecule has 1 heterocycles. The number of nitrogens with one attached hydrogen (secondary N) is 2. The fraction of sp³-hybridized carbons (Fsp3) is 0.533. The number of carbonyl (C=O) groups excluding carboxylic acids is 1. The van der Waals surface area contributed by atoms with Crippen molar-refractivity contribution in [3.63, 3.8) is 0 Å². The summed E-state index contributed by atoms with van der Waals surface area (Å²) < 4.78 is 10.8. The van der Waals surface area contributed by atoms with Crippen molar-refractivity contribution in [2.75, 3.05) is 32.8 Å². The maximum absolute atomic E-state index is 12.0. The number of amides is 1. The van der Waals surface area contributed by atoms with E-state index in [1.54, 1.807) is 0 Å².